The average molecular weight is 220 g/mol. The Hall–Kier alpha value is 0.340. The maximum atomic E-state index is 5.43. The van der Waals surface area contributed by atoms with E-state index >= 15 is 0 Å². The number of nitrogens with two attached hydrogens (primary N) is 1. The molecule has 2 N–H and O–H groups in total. The number of rotatable bonds is 0. The Labute approximate surface area is 81.3 Å². The molecule has 0 rings (SSSR count). The Bertz CT molecular complexity index is 156. The molecular formula is C6H11Cl3NO+. The van der Waals surface area contributed by atoms with E-state index in [0.717, 1.165) is 0 Å². The molecule has 0 fully saturated rings. The summed E-state index contributed by atoms with van der Waals surface area (Å²) in [5.74, 6) is -0.102. The Morgan fingerprint density at radius 3 is 1.64 bits per heavy atom. The van der Waals surface area contributed by atoms with Crippen LogP contribution in [0.15, 0.2) is 0 Å². The fraction of sp³-hybridized carbons (Fsp3) is 0.833. The zero-order valence-corrected chi connectivity index (χ0v) is 8.89. The van der Waals surface area contributed by atoms with Crippen molar-refractivity contribution < 1.29 is 10.1 Å². The summed E-state index contributed by atoms with van der Waals surface area (Å²) in [6, 6.07) is 0. The molecule has 0 aromatic rings. The zero-order chi connectivity index (χ0) is 9.28. The van der Waals surface area contributed by atoms with Crippen LogP contribution in [0.3, 0.4) is 0 Å². The normalized spacial score (nSPS) is 12.9. The Morgan fingerprint density at radius 2 is 1.55 bits per heavy atom. The molecule has 0 saturated carbocycles. The Kier molecular flexibility index (Phi) is 3.48. The van der Waals surface area contributed by atoms with Crippen molar-refractivity contribution in [1.82, 2.24) is 0 Å². The van der Waals surface area contributed by atoms with Crippen LogP contribution >= 0.6 is 34.8 Å². The molecule has 11 heavy (non-hydrogen) atoms. The molecule has 0 aromatic heterocycles. The highest BCUT2D eigenvalue weighted by molar-refractivity contribution is 6.75. The van der Waals surface area contributed by atoms with Gasteiger partial charge in [0.25, 0.3) is 0 Å². The summed E-state index contributed by atoms with van der Waals surface area (Å²) in [7, 11) is 0. The van der Waals surface area contributed by atoms with Crippen LogP contribution in [0.1, 0.15) is 20.8 Å². The van der Waals surface area contributed by atoms with Crippen molar-refractivity contribution in [3.63, 3.8) is 0 Å². The third-order valence-electron chi connectivity index (χ3n) is 0.696. The Balaban J connectivity index is 4.11. The first-order chi connectivity index (χ1) is 4.63. The summed E-state index contributed by atoms with van der Waals surface area (Å²) in [5, 5.41) is 5.34. The highest BCUT2D eigenvalue weighted by atomic mass is 35.6. The molecule has 5 heteroatoms. The molecule has 0 heterocycles. The van der Waals surface area contributed by atoms with Crippen molar-refractivity contribution in [3.05, 3.63) is 0 Å². The van der Waals surface area contributed by atoms with E-state index in [9.17, 15) is 0 Å². The van der Waals surface area contributed by atoms with Gasteiger partial charge in [-0.05, 0) is 20.8 Å². The van der Waals surface area contributed by atoms with Gasteiger partial charge in [0.15, 0.2) is 0 Å². The number of ether oxygens (including phenoxy) is 1. The molecule has 0 aliphatic heterocycles. The summed E-state index contributed by atoms with van der Waals surface area (Å²) < 4.78 is 3.46. The molecule has 0 bridgehead atoms. The van der Waals surface area contributed by atoms with Crippen LogP contribution in [0.2, 0.25) is 0 Å². The van der Waals surface area contributed by atoms with Gasteiger partial charge in [0.2, 0.25) is 0 Å². The third-order valence-corrected chi connectivity index (χ3v) is 1.25. The molecule has 2 nitrogen and oxygen atoms in total. The summed E-state index contributed by atoms with van der Waals surface area (Å²) in [4.78, 5) is 0. The molecule has 0 atom stereocenters. The fourth-order valence-electron chi connectivity index (χ4n) is 0.388. The van der Waals surface area contributed by atoms with Gasteiger partial charge < -0.3 is 4.74 Å². The van der Waals surface area contributed by atoms with Crippen LogP contribution in [0.25, 0.3) is 0 Å². The van der Waals surface area contributed by atoms with Crippen LogP contribution in [0.4, 0.5) is 0 Å². The largest absolute Gasteiger partial charge is 0.439 e. The molecule has 0 aromatic carbocycles. The van der Waals surface area contributed by atoms with E-state index in [1.807, 2.05) is 20.8 Å². The van der Waals surface area contributed by atoms with Gasteiger partial charge in [-0.1, -0.05) is 34.8 Å². The van der Waals surface area contributed by atoms with Gasteiger partial charge in [-0.25, -0.2) is 5.41 Å². The minimum atomic E-state index is -1.65. The molecule has 66 valence electrons. The monoisotopic (exact) mass is 218 g/mol. The lowest BCUT2D eigenvalue weighted by atomic mass is 10.2. The lowest BCUT2D eigenvalue weighted by Gasteiger charge is -2.20. The second-order valence-corrected chi connectivity index (χ2v) is 5.36. The fourth-order valence-corrected chi connectivity index (χ4v) is 0.503. The maximum absolute atomic E-state index is 5.43. The van der Waals surface area contributed by atoms with Crippen molar-refractivity contribution in [3.8, 4) is 0 Å². The van der Waals surface area contributed by atoms with E-state index in [0.29, 0.717) is 0 Å². The van der Waals surface area contributed by atoms with Crippen molar-refractivity contribution >= 4 is 40.7 Å². The van der Waals surface area contributed by atoms with E-state index in [1.54, 1.807) is 0 Å². The molecular weight excluding hydrogens is 208 g/mol. The number of hydrogen-bond acceptors (Lipinski definition) is 1. The first-order valence-corrected chi connectivity index (χ1v) is 4.15. The van der Waals surface area contributed by atoms with Crippen molar-refractivity contribution in [2.45, 2.75) is 30.2 Å². The van der Waals surface area contributed by atoms with Crippen LogP contribution < -0.4 is 5.41 Å². The van der Waals surface area contributed by atoms with Gasteiger partial charge in [0.1, 0.15) is 5.60 Å². The molecule has 0 aliphatic rings. The van der Waals surface area contributed by atoms with E-state index in [4.69, 9.17) is 44.9 Å². The topological polar surface area (TPSA) is 34.8 Å². The first kappa shape index (κ1) is 11.3. The van der Waals surface area contributed by atoms with E-state index in [1.165, 1.54) is 0 Å². The number of halogens is 3. The van der Waals surface area contributed by atoms with Gasteiger partial charge in [-0.2, -0.15) is 0 Å². The van der Waals surface area contributed by atoms with Gasteiger partial charge in [0.05, 0.1) is 0 Å². The molecule has 0 aliphatic carbocycles. The number of alkyl halides is 3. The zero-order valence-electron chi connectivity index (χ0n) is 6.62. The predicted molar refractivity (Wildman–Crippen MR) is 48.1 cm³/mol. The quantitative estimate of drug-likeness (QED) is 0.372. The third kappa shape index (κ3) is 5.59. The second-order valence-electron chi connectivity index (χ2n) is 3.08. The predicted octanol–water partition coefficient (Wildman–Crippen LogP) is 1.33. The van der Waals surface area contributed by atoms with Crippen LogP contribution in [-0.4, -0.2) is 15.3 Å². The van der Waals surface area contributed by atoms with Gasteiger partial charge in [-0.3, -0.25) is 0 Å². The average Bonchev–Trinajstić information content (AvgIpc) is 1.56. The van der Waals surface area contributed by atoms with Crippen LogP contribution in [0, 0.1) is 0 Å². The van der Waals surface area contributed by atoms with E-state index < -0.39 is 9.39 Å². The SMILES string of the molecule is CC(C)(C)OC(=[NH2+])C(Cl)(Cl)Cl. The molecule has 0 saturated heterocycles. The minimum absolute atomic E-state index is 0.102. The van der Waals surface area contributed by atoms with Gasteiger partial charge in [-0.15, -0.1) is 0 Å². The van der Waals surface area contributed by atoms with Crippen LogP contribution in [0.5, 0.6) is 0 Å². The minimum Gasteiger partial charge on any atom is -0.439 e. The molecule has 0 spiro atoms. The van der Waals surface area contributed by atoms with E-state index in [2.05, 4.69) is 0 Å². The molecule has 0 amide bonds. The highest BCUT2D eigenvalue weighted by Gasteiger charge is 2.37. The Morgan fingerprint density at radius 1 is 1.18 bits per heavy atom. The first-order valence-electron chi connectivity index (χ1n) is 3.01. The number of hydrogen-bond donors (Lipinski definition) is 1. The van der Waals surface area contributed by atoms with Gasteiger partial charge >= 0.3 is 9.69 Å². The maximum Gasteiger partial charge on any atom is 0.387 e. The molecule has 0 unspecified atom stereocenters. The molecule has 0 radical (unpaired) electrons. The summed E-state index contributed by atoms with van der Waals surface area (Å²) >= 11 is 16.3. The highest BCUT2D eigenvalue weighted by Crippen LogP contribution is 2.28. The van der Waals surface area contributed by atoms with E-state index in [-0.39, 0.29) is 5.90 Å². The van der Waals surface area contributed by atoms with Crippen molar-refractivity contribution in [2.24, 2.45) is 0 Å². The lowest BCUT2D eigenvalue weighted by molar-refractivity contribution is -0.153. The summed E-state index contributed by atoms with van der Waals surface area (Å²) in [6.45, 7) is 5.45. The summed E-state index contributed by atoms with van der Waals surface area (Å²) in [5.41, 5.74) is -0.437. The standard InChI is InChI=1S/C6H10Cl3NO/c1-5(2,3)11-4(10)6(7,8)9/h10H,1-3H3/p+1. The summed E-state index contributed by atoms with van der Waals surface area (Å²) in [6.07, 6.45) is 0. The van der Waals surface area contributed by atoms with Crippen LogP contribution in [-0.2, 0) is 4.74 Å². The lowest BCUT2D eigenvalue weighted by Crippen LogP contribution is -2.51. The second kappa shape index (κ2) is 3.38. The van der Waals surface area contributed by atoms with Gasteiger partial charge in [0, 0.05) is 0 Å². The van der Waals surface area contributed by atoms with Crippen molar-refractivity contribution in [1.29, 1.82) is 0 Å². The smallest absolute Gasteiger partial charge is 0.387 e. The van der Waals surface area contributed by atoms with Crippen molar-refractivity contribution in [2.75, 3.05) is 0 Å².